The molecule has 116 valence electrons. The van der Waals surface area contributed by atoms with Gasteiger partial charge in [0, 0.05) is 25.4 Å². The average molecular weight is 298 g/mol. The highest BCUT2D eigenvalue weighted by atomic mass is 16.4. The first kappa shape index (κ1) is 16.5. The second-order valence-corrected chi connectivity index (χ2v) is 4.44. The van der Waals surface area contributed by atoms with E-state index in [1.54, 1.807) is 17.9 Å². The number of hydrogen-bond acceptors (Lipinski definition) is 4. The molecule has 0 aliphatic carbocycles. The third-order valence-corrected chi connectivity index (χ3v) is 2.75. The Morgan fingerprint density at radius 2 is 2.05 bits per heavy atom. The number of rotatable bonds is 7. The molecule has 0 aliphatic heterocycles. The van der Waals surface area contributed by atoms with Crippen LogP contribution in [0, 0.1) is 0 Å². The molecule has 0 aliphatic rings. The van der Waals surface area contributed by atoms with Crippen molar-refractivity contribution in [2.24, 2.45) is 7.05 Å². The Morgan fingerprint density at radius 1 is 1.38 bits per heavy atom. The molecule has 0 fully saturated rings. The lowest BCUT2D eigenvalue weighted by atomic mass is 10.2. The van der Waals surface area contributed by atoms with E-state index in [0.29, 0.717) is 6.42 Å². The van der Waals surface area contributed by atoms with E-state index in [-0.39, 0.29) is 6.54 Å². The van der Waals surface area contributed by atoms with Gasteiger partial charge in [0.05, 0.1) is 12.1 Å². The first-order valence-corrected chi connectivity index (χ1v) is 6.33. The van der Waals surface area contributed by atoms with Gasteiger partial charge in [-0.05, 0) is 6.42 Å². The van der Waals surface area contributed by atoms with Crippen LogP contribution in [-0.4, -0.2) is 44.0 Å². The molecule has 2 amide bonds. The van der Waals surface area contributed by atoms with Crippen molar-refractivity contribution >= 4 is 18.0 Å². The minimum atomic E-state index is -1.47. The summed E-state index contributed by atoms with van der Waals surface area (Å²) in [4.78, 5) is 33.0. The van der Waals surface area contributed by atoms with Crippen molar-refractivity contribution in [2.75, 3.05) is 0 Å². The van der Waals surface area contributed by atoms with Crippen molar-refractivity contribution in [3.05, 3.63) is 17.5 Å². The largest absolute Gasteiger partial charge is 0.481 e. The summed E-state index contributed by atoms with van der Waals surface area (Å²) in [5.41, 5.74) is 1.65. The van der Waals surface area contributed by atoms with Crippen molar-refractivity contribution in [3.8, 4) is 0 Å². The van der Waals surface area contributed by atoms with Gasteiger partial charge in [-0.1, -0.05) is 6.92 Å². The molecule has 0 unspecified atom stereocenters. The number of aryl methyl sites for hydroxylation is 2. The van der Waals surface area contributed by atoms with Crippen LogP contribution in [0.15, 0.2) is 6.20 Å². The van der Waals surface area contributed by atoms with Gasteiger partial charge < -0.3 is 20.8 Å². The smallest absolute Gasteiger partial charge is 0.326 e. The zero-order chi connectivity index (χ0) is 16.0. The highest BCUT2D eigenvalue weighted by Gasteiger charge is 2.22. The molecular formula is C12H18N4O5. The Bertz CT molecular complexity index is 540. The molecule has 0 bridgehead atoms. The summed E-state index contributed by atoms with van der Waals surface area (Å²) >= 11 is 0. The van der Waals surface area contributed by atoms with E-state index in [2.05, 4.69) is 15.7 Å². The Kier molecular flexibility index (Phi) is 5.70. The number of carbonyl (C=O) groups excluding carboxylic acids is 1. The number of aliphatic carboxylic acids is 2. The van der Waals surface area contributed by atoms with Gasteiger partial charge in [-0.15, -0.1) is 0 Å². The van der Waals surface area contributed by atoms with Gasteiger partial charge in [0.1, 0.15) is 6.04 Å². The van der Waals surface area contributed by atoms with Crippen molar-refractivity contribution in [1.29, 1.82) is 0 Å². The summed E-state index contributed by atoms with van der Waals surface area (Å²) in [6.07, 6.45) is 1.77. The molecule has 0 aromatic carbocycles. The maximum absolute atomic E-state index is 11.6. The Labute approximate surface area is 120 Å². The van der Waals surface area contributed by atoms with Gasteiger partial charge in [-0.3, -0.25) is 9.48 Å². The van der Waals surface area contributed by atoms with Crippen LogP contribution in [0.2, 0.25) is 0 Å². The number of urea groups is 1. The van der Waals surface area contributed by atoms with E-state index in [0.717, 1.165) is 11.3 Å². The predicted octanol–water partition coefficient (Wildman–Crippen LogP) is -0.290. The molecule has 1 aromatic rings. The highest BCUT2D eigenvalue weighted by molar-refractivity contribution is 5.86. The second kappa shape index (κ2) is 7.27. The summed E-state index contributed by atoms with van der Waals surface area (Å²) in [6, 6.07) is -2.21. The number of carboxylic acids is 2. The first-order valence-electron chi connectivity index (χ1n) is 6.33. The van der Waals surface area contributed by atoms with Gasteiger partial charge in [0.15, 0.2) is 0 Å². The SMILES string of the molecule is CCc1nn(C)cc1CNC(=O)N[C@H](CC(=O)O)C(=O)O. The fourth-order valence-electron chi connectivity index (χ4n) is 1.79. The summed E-state index contributed by atoms with van der Waals surface area (Å²) in [5.74, 6) is -2.70. The topological polar surface area (TPSA) is 134 Å². The summed E-state index contributed by atoms with van der Waals surface area (Å²) in [6.45, 7) is 2.11. The lowest BCUT2D eigenvalue weighted by Crippen LogP contribution is -2.46. The third-order valence-electron chi connectivity index (χ3n) is 2.75. The fraction of sp³-hybridized carbons (Fsp3) is 0.500. The van der Waals surface area contributed by atoms with E-state index < -0.39 is 30.4 Å². The van der Waals surface area contributed by atoms with Crippen molar-refractivity contribution in [3.63, 3.8) is 0 Å². The molecular weight excluding hydrogens is 280 g/mol. The fourth-order valence-corrected chi connectivity index (χ4v) is 1.79. The molecule has 9 heteroatoms. The van der Waals surface area contributed by atoms with Gasteiger partial charge in [-0.2, -0.15) is 5.10 Å². The van der Waals surface area contributed by atoms with Crippen LogP contribution < -0.4 is 10.6 Å². The van der Waals surface area contributed by atoms with Crippen molar-refractivity contribution in [1.82, 2.24) is 20.4 Å². The first-order chi connectivity index (χ1) is 9.83. The van der Waals surface area contributed by atoms with E-state index in [1.807, 2.05) is 6.92 Å². The lowest BCUT2D eigenvalue weighted by Gasteiger charge is -2.13. The quantitative estimate of drug-likeness (QED) is 0.546. The lowest BCUT2D eigenvalue weighted by molar-refractivity contribution is -0.145. The summed E-state index contributed by atoms with van der Waals surface area (Å²) in [5, 5.41) is 26.2. The zero-order valence-electron chi connectivity index (χ0n) is 11.8. The molecule has 1 rings (SSSR count). The van der Waals surface area contributed by atoms with E-state index in [9.17, 15) is 14.4 Å². The Morgan fingerprint density at radius 3 is 2.57 bits per heavy atom. The molecule has 0 saturated carbocycles. The predicted molar refractivity (Wildman–Crippen MR) is 71.6 cm³/mol. The summed E-state index contributed by atoms with van der Waals surface area (Å²) < 4.78 is 1.62. The van der Waals surface area contributed by atoms with Crippen LogP contribution in [-0.2, 0) is 29.6 Å². The molecule has 0 spiro atoms. The van der Waals surface area contributed by atoms with Gasteiger partial charge in [-0.25, -0.2) is 9.59 Å². The van der Waals surface area contributed by atoms with Crippen LogP contribution in [0.4, 0.5) is 4.79 Å². The highest BCUT2D eigenvalue weighted by Crippen LogP contribution is 2.06. The maximum Gasteiger partial charge on any atom is 0.326 e. The minimum absolute atomic E-state index is 0.183. The van der Waals surface area contributed by atoms with Crippen LogP contribution >= 0.6 is 0 Å². The van der Waals surface area contributed by atoms with E-state index in [4.69, 9.17) is 10.2 Å². The number of aromatic nitrogens is 2. The molecule has 0 saturated heterocycles. The second-order valence-electron chi connectivity index (χ2n) is 4.44. The molecule has 0 radical (unpaired) electrons. The standard InChI is InChI=1S/C12H18N4O5/c1-3-8-7(6-16(2)15-8)5-13-12(21)14-9(11(19)20)4-10(17)18/h6,9H,3-5H2,1-2H3,(H,17,18)(H,19,20)(H2,13,14,21)/t9-/m1/s1. The molecule has 1 atom stereocenters. The van der Waals surface area contributed by atoms with Crippen molar-refractivity contribution in [2.45, 2.75) is 32.4 Å². The summed E-state index contributed by atoms with van der Waals surface area (Å²) in [7, 11) is 1.76. The number of nitrogens with one attached hydrogen (secondary N) is 2. The molecule has 21 heavy (non-hydrogen) atoms. The molecule has 1 heterocycles. The number of hydrogen-bond donors (Lipinski definition) is 4. The monoisotopic (exact) mass is 298 g/mol. The van der Waals surface area contributed by atoms with Crippen LogP contribution in [0.5, 0.6) is 0 Å². The van der Waals surface area contributed by atoms with E-state index >= 15 is 0 Å². The minimum Gasteiger partial charge on any atom is -0.481 e. The van der Waals surface area contributed by atoms with Crippen LogP contribution in [0.3, 0.4) is 0 Å². The maximum atomic E-state index is 11.6. The number of amides is 2. The van der Waals surface area contributed by atoms with Crippen molar-refractivity contribution < 1.29 is 24.6 Å². The molecule has 4 N–H and O–H groups in total. The number of carboxylic acid groups (broad SMARTS) is 2. The number of carbonyl (C=O) groups is 3. The zero-order valence-corrected chi connectivity index (χ0v) is 11.8. The van der Waals surface area contributed by atoms with Gasteiger partial charge >= 0.3 is 18.0 Å². The van der Waals surface area contributed by atoms with Crippen LogP contribution in [0.25, 0.3) is 0 Å². The average Bonchev–Trinajstić information content (AvgIpc) is 2.75. The third kappa shape index (κ3) is 5.13. The Balaban J connectivity index is 2.56. The normalized spacial score (nSPS) is 11.7. The van der Waals surface area contributed by atoms with E-state index in [1.165, 1.54) is 0 Å². The number of nitrogens with zero attached hydrogens (tertiary/aromatic N) is 2. The molecule has 9 nitrogen and oxygen atoms in total. The molecule has 1 aromatic heterocycles. The van der Waals surface area contributed by atoms with Gasteiger partial charge in [0.2, 0.25) is 0 Å². The van der Waals surface area contributed by atoms with Crippen LogP contribution in [0.1, 0.15) is 24.6 Å². The van der Waals surface area contributed by atoms with Gasteiger partial charge in [0.25, 0.3) is 0 Å². The Hall–Kier alpha value is -2.58.